The number of nitrogens with one attached hydrogen (secondary N) is 1. The van der Waals surface area contributed by atoms with Crippen LogP contribution >= 0.6 is 23.4 Å². The zero-order valence-corrected chi connectivity index (χ0v) is 15.0. The monoisotopic (exact) mass is 369 g/mol. The normalized spacial score (nSPS) is 21.0. The van der Waals surface area contributed by atoms with Crippen molar-refractivity contribution in [1.82, 2.24) is 15.1 Å². The predicted molar refractivity (Wildman–Crippen MR) is 94.7 cm³/mol. The first kappa shape index (κ1) is 17.4. The van der Waals surface area contributed by atoms with Crippen molar-refractivity contribution in [3.8, 4) is 5.75 Å². The molecule has 0 spiro atoms. The van der Waals surface area contributed by atoms with E-state index in [9.17, 15) is 9.59 Å². The van der Waals surface area contributed by atoms with E-state index in [0.29, 0.717) is 42.5 Å². The maximum atomic E-state index is 12.6. The average Bonchev–Trinajstić information content (AvgIpc) is 3.15. The van der Waals surface area contributed by atoms with Crippen LogP contribution in [-0.4, -0.2) is 72.6 Å². The number of carbonyl (C=O) groups excluding carboxylic acids is 2. The van der Waals surface area contributed by atoms with Crippen LogP contribution in [0.4, 0.5) is 0 Å². The van der Waals surface area contributed by atoms with Gasteiger partial charge in [0.05, 0.1) is 23.7 Å². The van der Waals surface area contributed by atoms with Gasteiger partial charge in [0.15, 0.2) is 0 Å². The van der Waals surface area contributed by atoms with Gasteiger partial charge in [-0.3, -0.25) is 14.9 Å². The van der Waals surface area contributed by atoms with E-state index in [4.69, 9.17) is 16.3 Å². The molecule has 2 saturated heterocycles. The van der Waals surface area contributed by atoms with Crippen molar-refractivity contribution in [2.45, 2.75) is 6.04 Å². The summed E-state index contributed by atoms with van der Waals surface area (Å²) in [7, 11) is 1.56. The highest BCUT2D eigenvalue weighted by Crippen LogP contribution is 2.24. The van der Waals surface area contributed by atoms with Crippen molar-refractivity contribution in [1.29, 1.82) is 0 Å². The highest BCUT2D eigenvalue weighted by atomic mass is 35.5. The Bertz CT molecular complexity index is 629. The molecule has 0 radical (unpaired) electrons. The fourth-order valence-corrected chi connectivity index (χ4v) is 4.06. The molecule has 1 N–H and O–H groups in total. The summed E-state index contributed by atoms with van der Waals surface area (Å²) in [5.74, 6) is 2.29. The van der Waals surface area contributed by atoms with Crippen LogP contribution in [0.2, 0.25) is 5.02 Å². The Morgan fingerprint density at radius 1 is 1.25 bits per heavy atom. The Hall–Kier alpha value is -1.44. The molecule has 3 rings (SSSR count). The third-order valence-electron chi connectivity index (χ3n) is 4.30. The second-order valence-corrected chi connectivity index (χ2v) is 7.17. The molecule has 2 amide bonds. The van der Waals surface area contributed by atoms with Gasteiger partial charge in [-0.05, 0) is 18.2 Å². The van der Waals surface area contributed by atoms with Gasteiger partial charge in [0.1, 0.15) is 5.75 Å². The number of hydrogen-bond acceptors (Lipinski definition) is 5. The Kier molecular flexibility index (Phi) is 5.53. The van der Waals surface area contributed by atoms with Crippen molar-refractivity contribution in [3.63, 3.8) is 0 Å². The van der Waals surface area contributed by atoms with E-state index in [0.717, 1.165) is 11.6 Å². The standard InChI is InChI=1S/C16H20ClN3O3S/c1-23-11-2-3-12(13(17)8-11)15(21)19-4-6-20(7-5-19)16(22)14-9-24-10-18-14/h2-3,8,14,18H,4-7,9-10H2,1H3. The van der Waals surface area contributed by atoms with Crippen molar-refractivity contribution in [3.05, 3.63) is 28.8 Å². The fraction of sp³-hybridized carbons (Fsp3) is 0.500. The van der Waals surface area contributed by atoms with E-state index < -0.39 is 0 Å². The topological polar surface area (TPSA) is 61.9 Å². The minimum atomic E-state index is -0.107. The van der Waals surface area contributed by atoms with Gasteiger partial charge >= 0.3 is 0 Å². The number of carbonyl (C=O) groups is 2. The van der Waals surface area contributed by atoms with Gasteiger partial charge < -0.3 is 14.5 Å². The van der Waals surface area contributed by atoms with Gasteiger partial charge in [0, 0.05) is 37.8 Å². The van der Waals surface area contributed by atoms with Crippen LogP contribution in [0.3, 0.4) is 0 Å². The zero-order valence-electron chi connectivity index (χ0n) is 13.5. The molecule has 1 aromatic carbocycles. The molecule has 1 aromatic rings. The maximum absolute atomic E-state index is 12.6. The smallest absolute Gasteiger partial charge is 0.255 e. The number of ether oxygens (including phenoxy) is 1. The molecule has 2 heterocycles. The molecule has 8 heteroatoms. The minimum absolute atomic E-state index is 0.0896. The van der Waals surface area contributed by atoms with Gasteiger partial charge in [-0.25, -0.2) is 0 Å². The van der Waals surface area contributed by atoms with E-state index >= 15 is 0 Å². The minimum Gasteiger partial charge on any atom is -0.497 e. The fourth-order valence-electron chi connectivity index (χ4n) is 2.87. The first-order valence-corrected chi connectivity index (χ1v) is 9.36. The third kappa shape index (κ3) is 3.63. The van der Waals surface area contributed by atoms with Crippen LogP contribution in [0.15, 0.2) is 18.2 Å². The molecule has 0 saturated carbocycles. The number of piperazine rings is 1. The lowest BCUT2D eigenvalue weighted by Crippen LogP contribution is -2.54. The number of rotatable bonds is 3. The Labute approximate surface area is 150 Å². The SMILES string of the molecule is COc1ccc(C(=O)N2CCN(C(=O)C3CSCN3)CC2)c(Cl)c1. The highest BCUT2D eigenvalue weighted by molar-refractivity contribution is 7.99. The van der Waals surface area contributed by atoms with Crippen LogP contribution in [0.25, 0.3) is 0 Å². The summed E-state index contributed by atoms with van der Waals surface area (Å²) >= 11 is 7.92. The summed E-state index contributed by atoms with van der Waals surface area (Å²) in [6, 6.07) is 4.95. The molecule has 0 aliphatic carbocycles. The van der Waals surface area contributed by atoms with Crippen molar-refractivity contribution >= 4 is 35.2 Å². The lowest BCUT2D eigenvalue weighted by molar-refractivity contribution is -0.134. The lowest BCUT2D eigenvalue weighted by atomic mass is 10.1. The van der Waals surface area contributed by atoms with Crippen molar-refractivity contribution < 1.29 is 14.3 Å². The van der Waals surface area contributed by atoms with Crippen LogP contribution in [0.1, 0.15) is 10.4 Å². The van der Waals surface area contributed by atoms with E-state index in [1.54, 1.807) is 42.0 Å². The van der Waals surface area contributed by atoms with E-state index in [-0.39, 0.29) is 17.9 Å². The van der Waals surface area contributed by atoms with Crippen LogP contribution < -0.4 is 10.1 Å². The molecule has 2 fully saturated rings. The van der Waals surface area contributed by atoms with Crippen molar-refractivity contribution in [2.75, 3.05) is 44.9 Å². The molecule has 1 unspecified atom stereocenters. The zero-order chi connectivity index (χ0) is 17.1. The van der Waals surface area contributed by atoms with Gasteiger partial charge in [0.2, 0.25) is 5.91 Å². The second kappa shape index (κ2) is 7.63. The number of halogens is 1. The van der Waals surface area contributed by atoms with E-state index in [1.807, 2.05) is 4.90 Å². The average molecular weight is 370 g/mol. The summed E-state index contributed by atoms with van der Waals surface area (Å²) in [6.07, 6.45) is 0. The molecule has 2 aliphatic rings. The first-order chi connectivity index (χ1) is 11.6. The van der Waals surface area contributed by atoms with Gasteiger partial charge in [-0.15, -0.1) is 11.8 Å². The number of methoxy groups -OCH3 is 1. The number of amides is 2. The van der Waals surface area contributed by atoms with Crippen LogP contribution in [-0.2, 0) is 4.79 Å². The van der Waals surface area contributed by atoms with Gasteiger partial charge in [-0.1, -0.05) is 11.6 Å². The number of nitrogens with zero attached hydrogens (tertiary/aromatic N) is 2. The molecule has 6 nitrogen and oxygen atoms in total. The maximum Gasteiger partial charge on any atom is 0.255 e. The summed E-state index contributed by atoms with van der Waals surface area (Å²) in [4.78, 5) is 28.6. The summed E-state index contributed by atoms with van der Waals surface area (Å²) in [5.41, 5.74) is 0.464. The van der Waals surface area contributed by atoms with Crippen LogP contribution in [0.5, 0.6) is 5.75 Å². The molecular weight excluding hydrogens is 350 g/mol. The summed E-state index contributed by atoms with van der Waals surface area (Å²) in [5, 5.41) is 3.57. The number of thioether (sulfide) groups is 1. The summed E-state index contributed by atoms with van der Waals surface area (Å²) in [6.45, 7) is 2.15. The van der Waals surface area contributed by atoms with Crippen molar-refractivity contribution in [2.24, 2.45) is 0 Å². The predicted octanol–water partition coefficient (Wildman–Crippen LogP) is 1.30. The number of hydrogen-bond donors (Lipinski definition) is 1. The molecule has 0 aromatic heterocycles. The molecule has 0 bridgehead atoms. The van der Waals surface area contributed by atoms with Gasteiger partial charge in [-0.2, -0.15) is 0 Å². The Morgan fingerprint density at radius 3 is 2.54 bits per heavy atom. The number of benzene rings is 1. The second-order valence-electron chi connectivity index (χ2n) is 5.74. The molecule has 24 heavy (non-hydrogen) atoms. The largest absolute Gasteiger partial charge is 0.497 e. The summed E-state index contributed by atoms with van der Waals surface area (Å²) < 4.78 is 5.10. The molecular formula is C16H20ClN3O3S. The first-order valence-electron chi connectivity index (χ1n) is 7.83. The third-order valence-corrected chi connectivity index (χ3v) is 5.55. The Morgan fingerprint density at radius 2 is 1.96 bits per heavy atom. The van der Waals surface area contributed by atoms with E-state index in [2.05, 4.69) is 5.32 Å². The molecule has 2 aliphatic heterocycles. The Balaban J connectivity index is 1.60. The van der Waals surface area contributed by atoms with E-state index in [1.165, 1.54) is 0 Å². The van der Waals surface area contributed by atoms with Gasteiger partial charge in [0.25, 0.3) is 5.91 Å². The molecule has 130 valence electrons. The highest BCUT2D eigenvalue weighted by Gasteiger charge is 2.31. The molecule has 1 atom stereocenters. The van der Waals surface area contributed by atoms with Crippen LogP contribution in [0, 0.1) is 0 Å². The quantitative estimate of drug-likeness (QED) is 0.870. The lowest BCUT2D eigenvalue weighted by Gasteiger charge is -2.36.